The van der Waals surface area contributed by atoms with Gasteiger partial charge in [0, 0.05) is 13.2 Å². The summed E-state index contributed by atoms with van der Waals surface area (Å²) < 4.78 is 39.7. The molecule has 5 nitrogen and oxygen atoms in total. The smallest absolute Gasteiger partial charge is 0.241 e. The van der Waals surface area contributed by atoms with Crippen molar-refractivity contribution in [1.82, 2.24) is 4.72 Å². The number of aliphatic hydroxyl groups excluding tert-OH is 1. The molecule has 1 aromatic carbocycles. The number of benzene rings is 1. The summed E-state index contributed by atoms with van der Waals surface area (Å²) in [6.45, 7) is 0.343. The van der Waals surface area contributed by atoms with Gasteiger partial charge in [-0.05, 0) is 25.0 Å². The molecular weight excluding hydrogens is 283 g/mol. The molecule has 1 rings (SSSR count). The lowest BCUT2D eigenvalue weighted by Crippen LogP contribution is -2.25. The standard InChI is InChI=1S/C13H17FN2O3S/c14-12-6-5-7-13(11(12)10-15)20(18,19)16-8-3-1-2-4-9-17/h5-7,16-17H,1-4,8-9H2. The van der Waals surface area contributed by atoms with Gasteiger partial charge < -0.3 is 5.11 Å². The Morgan fingerprint density at radius 2 is 1.95 bits per heavy atom. The molecule has 0 unspecified atom stereocenters. The Bertz CT molecular complexity index is 582. The monoisotopic (exact) mass is 300 g/mol. The predicted molar refractivity (Wildman–Crippen MR) is 71.9 cm³/mol. The number of nitrogens with one attached hydrogen (secondary N) is 1. The van der Waals surface area contributed by atoms with Crippen molar-refractivity contribution < 1.29 is 17.9 Å². The topological polar surface area (TPSA) is 90.2 Å². The van der Waals surface area contributed by atoms with Gasteiger partial charge in [0.25, 0.3) is 0 Å². The average Bonchev–Trinajstić information content (AvgIpc) is 2.42. The highest BCUT2D eigenvalue weighted by molar-refractivity contribution is 7.89. The van der Waals surface area contributed by atoms with Gasteiger partial charge in [-0.2, -0.15) is 5.26 Å². The van der Waals surface area contributed by atoms with Crippen LogP contribution in [0.2, 0.25) is 0 Å². The Kier molecular flexibility index (Phi) is 6.58. The summed E-state index contributed by atoms with van der Waals surface area (Å²) in [6.07, 6.45) is 2.92. The summed E-state index contributed by atoms with van der Waals surface area (Å²) in [6, 6.07) is 5.07. The number of hydrogen-bond donors (Lipinski definition) is 2. The molecular formula is C13H17FN2O3S. The van der Waals surface area contributed by atoms with Gasteiger partial charge in [-0.25, -0.2) is 17.5 Å². The average molecular weight is 300 g/mol. The summed E-state index contributed by atoms with van der Waals surface area (Å²) in [5.41, 5.74) is -0.472. The van der Waals surface area contributed by atoms with Gasteiger partial charge in [0.1, 0.15) is 22.3 Å². The molecule has 0 amide bonds. The molecule has 0 spiro atoms. The SMILES string of the molecule is N#Cc1c(F)cccc1S(=O)(=O)NCCCCCCO. The van der Waals surface area contributed by atoms with Crippen LogP contribution in [0.4, 0.5) is 4.39 Å². The number of nitrogens with zero attached hydrogens (tertiary/aromatic N) is 1. The molecule has 0 aliphatic rings. The zero-order valence-electron chi connectivity index (χ0n) is 11.0. The predicted octanol–water partition coefficient (Wildman–Crippen LogP) is 1.53. The zero-order chi connectivity index (χ0) is 15.0. The largest absolute Gasteiger partial charge is 0.396 e. The number of aliphatic hydroxyl groups is 1. The normalized spacial score (nSPS) is 11.2. The lowest BCUT2D eigenvalue weighted by atomic mass is 10.2. The minimum absolute atomic E-state index is 0.126. The second kappa shape index (κ2) is 7.94. The van der Waals surface area contributed by atoms with Crippen LogP contribution in [0.5, 0.6) is 0 Å². The summed E-state index contributed by atoms with van der Waals surface area (Å²) >= 11 is 0. The maximum atomic E-state index is 13.4. The molecule has 20 heavy (non-hydrogen) atoms. The van der Waals surface area contributed by atoms with Crippen LogP contribution in [0.15, 0.2) is 23.1 Å². The zero-order valence-corrected chi connectivity index (χ0v) is 11.8. The van der Waals surface area contributed by atoms with Crippen LogP contribution >= 0.6 is 0 Å². The van der Waals surface area contributed by atoms with Crippen LogP contribution in [0, 0.1) is 17.1 Å². The molecule has 0 radical (unpaired) electrons. The van der Waals surface area contributed by atoms with Crippen molar-refractivity contribution in [3.63, 3.8) is 0 Å². The van der Waals surface area contributed by atoms with Crippen molar-refractivity contribution in [1.29, 1.82) is 5.26 Å². The van der Waals surface area contributed by atoms with E-state index in [0.29, 0.717) is 12.8 Å². The van der Waals surface area contributed by atoms with E-state index in [9.17, 15) is 12.8 Å². The summed E-state index contributed by atoms with van der Waals surface area (Å²) in [5.74, 6) is -0.849. The fraction of sp³-hybridized carbons (Fsp3) is 0.462. The van der Waals surface area contributed by atoms with E-state index in [0.717, 1.165) is 18.9 Å². The molecule has 0 heterocycles. The first-order chi connectivity index (χ1) is 9.53. The van der Waals surface area contributed by atoms with E-state index in [2.05, 4.69) is 4.72 Å². The third kappa shape index (κ3) is 4.56. The van der Waals surface area contributed by atoms with E-state index in [1.807, 2.05) is 0 Å². The minimum atomic E-state index is -3.88. The maximum absolute atomic E-state index is 13.4. The Morgan fingerprint density at radius 1 is 1.25 bits per heavy atom. The van der Waals surface area contributed by atoms with Crippen molar-refractivity contribution in [2.24, 2.45) is 0 Å². The maximum Gasteiger partial charge on any atom is 0.241 e. The van der Waals surface area contributed by atoms with Crippen molar-refractivity contribution in [2.45, 2.75) is 30.6 Å². The van der Waals surface area contributed by atoms with Gasteiger partial charge in [-0.1, -0.05) is 18.9 Å². The van der Waals surface area contributed by atoms with Gasteiger partial charge in [-0.15, -0.1) is 0 Å². The fourth-order valence-corrected chi connectivity index (χ4v) is 2.95. The van der Waals surface area contributed by atoms with Crippen molar-refractivity contribution in [3.8, 4) is 6.07 Å². The van der Waals surface area contributed by atoms with E-state index in [-0.39, 0.29) is 18.0 Å². The molecule has 2 N–H and O–H groups in total. The van der Waals surface area contributed by atoms with Gasteiger partial charge in [0.2, 0.25) is 10.0 Å². The summed E-state index contributed by atoms with van der Waals surface area (Å²) in [5, 5.41) is 17.4. The molecule has 0 saturated heterocycles. The Balaban J connectivity index is 2.66. The van der Waals surface area contributed by atoms with Gasteiger partial charge >= 0.3 is 0 Å². The molecule has 1 aromatic rings. The van der Waals surface area contributed by atoms with E-state index in [1.165, 1.54) is 12.1 Å². The first kappa shape index (κ1) is 16.6. The molecule has 0 fully saturated rings. The molecule has 0 aliphatic carbocycles. The van der Waals surface area contributed by atoms with Gasteiger partial charge in [0.15, 0.2) is 0 Å². The lowest BCUT2D eigenvalue weighted by molar-refractivity contribution is 0.282. The first-order valence-electron chi connectivity index (χ1n) is 6.32. The molecule has 110 valence electrons. The second-order valence-corrected chi connectivity index (χ2v) is 6.00. The lowest BCUT2D eigenvalue weighted by Gasteiger charge is -2.08. The van der Waals surface area contributed by atoms with E-state index < -0.39 is 21.4 Å². The van der Waals surface area contributed by atoms with Crippen molar-refractivity contribution in [3.05, 3.63) is 29.6 Å². The van der Waals surface area contributed by atoms with Crippen LogP contribution < -0.4 is 4.72 Å². The van der Waals surface area contributed by atoms with Crippen LogP contribution in [0.25, 0.3) is 0 Å². The van der Waals surface area contributed by atoms with Crippen LogP contribution in [0.3, 0.4) is 0 Å². The van der Waals surface area contributed by atoms with Crippen molar-refractivity contribution in [2.75, 3.05) is 13.2 Å². The fourth-order valence-electron chi connectivity index (χ4n) is 1.71. The minimum Gasteiger partial charge on any atom is -0.396 e. The quantitative estimate of drug-likeness (QED) is 0.712. The van der Waals surface area contributed by atoms with Crippen LogP contribution in [-0.4, -0.2) is 26.7 Å². The number of rotatable bonds is 8. The van der Waals surface area contributed by atoms with Crippen LogP contribution in [0.1, 0.15) is 31.2 Å². The van der Waals surface area contributed by atoms with Crippen molar-refractivity contribution >= 4 is 10.0 Å². The number of halogens is 1. The summed E-state index contributed by atoms with van der Waals surface area (Å²) in [7, 11) is -3.88. The molecule has 0 aromatic heterocycles. The van der Waals surface area contributed by atoms with E-state index in [4.69, 9.17) is 10.4 Å². The highest BCUT2D eigenvalue weighted by Crippen LogP contribution is 2.17. The Morgan fingerprint density at radius 3 is 2.60 bits per heavy atom. The van der Waals surface area contributed by atoms with Gasteiger partial charge in [-0.3, -0.25) is 0 Å². The molecule has 0 aliphatic heterocycles. The molecule has 0 bridgehead atoms. The van der Waals surface area contributed by atoms with Gasteiger partial charge in [0.05, 0.1) is 0 Å². The molecule has 0 saturated carbocycles. The molecule has 0 atom stereocenters. The summed E-state index contributed by atoms with van der Waals surface area (Å²) in [4.78, 5) is -0.338. The number of hydrogen-bond acceptors (Lipinski definition) is 4. The van der Waals surface area contributed by atoms with E-state index in [1.54, 1.807) is 6.07 Å². The third-order valence-electron chi connectivity index (χ3n) is 2.75. The number of nitriles is 1. The molecule has 7 heteroatoms. The second-order valence-electron chi connectivity index (χ2n) is 4.26. The first-order valence-corrected chi connectivity index (χ1v) is 7.80. The highest BCUT2D eigenvalue weighted by Gasteiger charge is 2.20. The Hall–Kier alpha value is -1.49. The third-order valence-corrected chi connectivity index (χ3v) is 4.26. The number of sulfonamides is 1. The van der Waals surface area contributed by atoms with E-state index >= 15 is 0 Å². The number of unbranched alkanes of at least 4 members (excludes halogenated alkanes) is 3. The van der Waals surface area contributed by atoms with Crippen LogP contribution in [-0.2, 0) is 10.0 Å². The highest BCUT2D eigenvalue weighted by atomic mass is 32.2. The Labute approximate surface area is 118 Å².